The van der Waals surface area contributed by atoms with Gasteiger partial charge in [-0.1, -0.05) is 30.3 Å². The van der Waals surface area contributed by atoms with E-state index in [1.54, 1.807) is 24.3 Å². The number of hydrogen-bond donors (Lipinski definition) is 1. The molecule has 33 heavy (non-hydrogen) atoms. The van der Waals surface area contributed by atoms with Crippen molar-refractivity contribution in [3.8, 4) is 5.75 Å². The fourth-order valence-electron chi connectivity index (χ4n) is 3.62. The Kier molecular flexibility index (Phi) is 7.76. The summed E-state index contributed by atoms with van der Waals surface area (Å²) in [5.74, 6) is 0.575. The molecular formula is C26H30N2O4S. The standard InChI is InChI=1S/C26H30N2O4S/c1-5-32-25-8-6-7-22(16-25)17-27-26(29)23-11-9-21(10-12-23)18-28(33(4,30)31)24-14-19(2)13-20(3)15-24/h6-16H,5,17-18H2,1-4H3,(H,27,29). The lowest BCUT2D eigenvalue weighted by Crippen LogP contribution is -2.29. The second kappa shape index (κ2) is 10.5. The van der Waals surface area contributed by atoms with Crippen LogP contribution >= 0.6 is 0 Å². The van der Waals surface area contributed by atoms with Crippen molar-refractivity contribution in [2.75, 3.05) is 17.2 Å². The normalized spacial score (nSPS) is 11.2. The maximum absolute atomic E-state index is 12.6. The number of aryl methyl sites for hydroxylation is 2. The molecule has 0 heterocycles. The Balaban J connectivity index is 1.69. The molecule has 174 valence electrons. The van der Waals surface area contributed by atoms with Crippen LogP contribution in [0.15, 0.2) is 66.7 Å². The fraction of sp³-hybridized carbons (Fsp3) is 0.269. The number of nitrogens with one attached hydrogen (secondary N) is 1. The Morgan fingerprint density at radius 3 is 2.21 bits per heavy atom. The summed E-state index contributed by atoms with van der Waals surface area (Å²) in [5.41, 5.74) is 4.88. The number of nitrogens with zero attached hydrogens (tertiary/aromatic N) is 1. The molecule has 0 radical (unpaired) electrons. The Morgan fingerprint density at radius 1 is 0.939 bits per heavy atom. The SMILES string of the molecule is CCOc1cccc(CNC(=O)c2ccc(CN(c3cc(C)cc(C)c3)S(C)(=O)=O)cc2)c1. The second-order valence-corrected chi connectivity index (χ2v) is 9.98. The van der Waals surface area contributed by atoms with Crippen LogP contribution in [0.5, 0.6) is 5.75 Å². The number of ether oxygens (including phenoxy) is 1. The van der Waals surface area contributed by atoms with E-state index in [0.29, 0.717) is 24.4 Å². The third-order valence-corrected chi connectivity index (χ3v) is 6.24. The third kappa shape index (κ3) is 6.83. The van der Waals surface area contributed by atoms with Crippen molar-refractivity contribution in [3.63, 3.8) is 0 Å². The van der Waals surface area contributed by atoms with E-state index >= 15 is 0 Å². The molecule has 3 rings (SSSR count). The summed E-state index contributed by atoms with van der Waals surface area (Å²) in [5, 5.41) is 2.91. The average molecular weight is 467 g/mol. The zero-order valence-electron chi connectivity index (χ0n) is 19.5. The van der Waals surface area contributed by atoms with Crippen molar-refractivity contribution in [2.45, 2.75) is 33.9 Å². The first-order valence-corrected chi connectivity index (χ1v) is 12.7. The van der Waals surface area contributed by atoms with Gasteiger partial charge in [-0.05, 0) is 79.4 Å². The second-order valence-electron chi connectivity index (χ2n) is 8.08. The predicted molar refractivity (Wildman–Crippen MR) is 132 cm³/mol. The van der Waals surface area contributed by atoms with E-state index < -0.39 is 10.0 Å². The van der Waals surface area contributed by atoms with Crippen LogP contribution in [0.25, 0.3) is 0 Å². The Bertz CT molecular complexity index is 1200. The number of rotatable bonds is 9. The highest BCUT2D eigenvalue weighted by Crippen LogP contribution is 2.24. The van der Waals surface area contributed by atoms with Crippen molar-refractivity contribution < 1.29 is 17.9 Å². The van der Waals surface area contributed by atoms with E-state index in [-0.39, 0.29) is 12.5 Å². The number of carbonyl (C=O) groups excluding carboxylic acids is 1. The Labute approximate surface area is 196 Å². The van der Waals surface area contributed by atoms with Gasteiger partial charge in [0.25, 0.3) is 5.91 Å². The maximum atomic E-state index is 12.6. The lowest BCUT2D eigenvalue weighted by Gasteiger charge is -2.23. The Morgan fingerprint density at radius 2 is 1.61 bits per heavy atom. The lowest BCUT2D eigenvalue weighted by atomic mass is 10.1. The van der Waals surface area contributed by atoms with E-state index in [9.17, 15) is 13.2 Å². The molecule has 3 aromatic rings. The summed E-state index contributed by atoms with van der Waals surface area (Å²) in [7, 11) is -3.48. The van der Waals surface area contributed by atoms with Crippen LogP contribution in [0.2, 0.25) is 0 Å². The van der Waals surface area contributed by atoms with Gasteiger partial charge >= 0.3 is 0 Å². The minimum absolute atomic E-state index is 0.188. The van der Waals surface area contributed by atoms with Crippen molar-refractivity contribution in [3.05, 3.63) is 94.5 Å². The summed E-state index contributed by atoms with van der Waals surface area (Å²) >= 11 is 0. The molecule has 0 bridgehead atoms. The van der Waals surface area contributed by atoms with E-state index in [1.807, 2.05) is 63.2 Å². The van der Waals surface area contributed by atoms with Gasteiger partial charge in [-0.15, -0.1) is 0 Å². The predicted octanol–water partition coefficient (Wildman–Crippen LogP) is 4.60. The zero-order valence-corrected chi connectivity index (χ0v) is 20.3. The lowest BCUT2D eigenvalue weighted by molar-refractivity contribution is 0.0951. The van der Waals surface area contributed by atoms with Crippen LogP contribution < -0.4 is 14.4 Å². The summed E-state index contributed by atoms with van der Waals surface area (Å²) in [6.07, 6.45) is 1.20. The van der Waals surface area contributed by atoms with Gasteiger partial charge in [0.2, 0.25) is 10.0 Å². The minimum atomic E-state index is -3.48. The molecule has 0 spiro atoms. The van der Waals surface area contributed by atoms with Gasteiger partial charge in [0.05, 0.1) is 25.1 Å². The average Bonchev–Trinajstić information content (AvgIpc) is 2.75. The summed E-state index contributed by atoms with van der Waals surface area (Å²) in [4.78, 5) is 12.6. The monoisotopic (exact) mass is 466 g/mol. The van der Waals surface area contributed by atoms with Gasteiger partial charge in [0.15, 0.2) is 0 Å². The molecule has 7 heteroatoms. The van der Waals surface area contributed by atoms with Crippen molar-refractivity contribution in [2.24, 2.45) is 0 Å². The largest absolute Gasteiger partial charge is 0.494 e. The summed E-state index contributed by atoms with van der Waals surface area (Å²) in [6, 6.07) is 20.3. The van der Waals surface area contributed by atoms with Gasteiger partial charge in [-0.25, -0.2) is 8.42 Å². The molecule has 0 saturated carbocycles. The van der Waals surface area contributed by atoms with E-state index in [2.05, 4.69) is 5.32 Å². The highest BCUT2D eigenvalue weighted by molar-refractivity contribution is 7.92. The first kappa shape index (κ1) is 24.3. The van der Waals surface area contributed by atoms with Gasteiger partial charge in [0, 0.05) is 12.1 Å². The van der Waals surface area contributed by atoms with Crippen molar-refractivity contribution in [1.29, 1.82) is 0 Å². The van der Waals surface area contributed by atoms with Crippen LogP contribution in [-0.4, -0.2) is 27.2 Å². The number of carbonyl (C=O) groups is 1. The summed E-state index contributed by atoms with van der Waals surface area (Å²) in [6.45, 7) is 6.97. The molecule has 0 unspecified atom stereocenters. The number of benzene rings is 3. The molecule has 0 aliphatic rings. The van der Waals surface area contributed by atoms with Gasteiger partial charge < -0.3 is 10.1 Å². The van der Waals surface area contributed by atoms with Gasteiger partial charge in [0.1, 0.15) is 5.75 Å². The van der Waals surface area contributed by atoms with E-state index in [4.69, 9.17) is 4.74 Å². The highest BCUT2D eigenvalue weighted by Gasteiger charge is 2.19. The molecule has 0 saturated heterocycles. The maximum Gasteiger partial charge on any atom is 0.251 e. The van der Waals surface area contributed by atoms with E-state index in [1.165, 1.54) is 10.6 Å². The molecule has 0 aromatic heterocycles. The van der Waals surface area contributed by atoms with Crippen molar-refractivity contribution >= 4 is 21.6 Å². The molecule has 0 aliphatic heterocycles. The topological polar surface area (TPSA) is 75.7 Å². The molecule has 3 aromatic carbocycles. The van der Waals surface area contributed by atoms with E-state index in [0.717, 1.165) is 28.0 Å². The quantitative estimate of drug-likeness (QED) is 0.500. The molecule has 0 fully saturated rings. The zero-order chi connectivity index (χ0) is 24.0. The van der Waals surface area contributed by atoms with Gasteiger partial charge in [-0.3, -0.25) is 9.10 Å². The van der Waals surface area contributed by atoms with Crippen molar-refractivity contribution in [1.82, 2.24) is 5.32 Å². The van der Waals surface area contributed by atoms with Crippen LogP contribution in [0.4, 0.5) is 5.69 Å². The smallest absolute Gasteiger partial charge is 0.251 e. The number of anilines is 1. The first-order chi connectivity index (χ1) is 15.7. The van der Waals surface area contributed by atoms with Crippen LogP contribution in [0.1, 0.15) is 39.5 Å². The molecule has 1 N–H and O–H groups in total. The minimum Gasteiger partial charge on any atom is -0.494 e. The molecular weight excluding hydrogens is 436 g/mol. The number of amides is 1. The molecule has 0 atom stereocenters. The molecule has 6 nitrogen and oxygen atoms in total. The highest BCUT2D eigenvalue weighted by atomic mass is 32.2. The van der Waals surface area contributed by atoms with Gasteiger partial charge in [-0.2, -0.15) is 0 Å². The fourth-order valence-corrected chi connectivity index (χ4v) is 4.49. The van der Waals surface area contributed by atoms with Crippen LogP contribution in [0.3, 0.4) is 0 Å². The van der Waals surface area contributed by atoms with Crippen LogP contribution in [-0.2, 0) is 23.1 Å². The third-order valence-electron chi connectivity index (χ3n) is 5.10. The Hall–Kier alpha value is -3.32. The molecule has 1 amide bonds. The molecule has 0 aliphatic carbocycles. The summed E-state index contributed by atoms with van der Waals surface area (Å²) < 4.78 is 31.8. The number of hydrogen-bond acceptors (Lipinski definition) is 4. The number of sulfonamides is 1. The van der Waals surface area contributed by atoms with Crippen LogP contribution in [0, 0.1) is 13.8 Å². The first-order valence-electron chi connectivity index (χ1n) is 10.8.